The molecular weight excluding hydrogens is 360 g/mol. The second kappa shape index (κ2) is 5.66. The first-order valence-corrected chi connectivity index (χ1v) is 8.35. The van der Waals surface area contributed by atoms with Crippen LogP contribution < -0.4 is 4.72 Å². The Bertz CT molecular complexity index is 657. The Labute approximate surface area is 122 Å². The zero-order valence-corrected chi connectivity index (χ0v) is 12.9. The highest BCUT2D eigenvalue weighted by Crippen LogP contribution is 2.21. The first kappa shape index (κ1) is 14.0. The predicted molar refractivity (Wildman–Crippen MR) is 75.3 cm³/mol. The van der Waals surface area contributed by atoms with E-state index in [0.717, 1.165) is 9.35 Å². The van der Waals surface area contributed by atoms with Crippen molar-refractivity contribution in [3.05, 3.63) is 44.3 Å². The molecule has 0 saturated carbocycles. The third kappa shape index (κ3) is 3.30. The minimum atomic E-state index is -3.63. The molecule has 0 bridgehead atoms. The molecule has 2 rings (SSSR count). The van der Waals surface area contributed by atoms with Gasteiger partial charge in [-0.05, 0) is 34.1 Å². The van der Waals surface area contributed by atoms with Crippen LogP contribution in [0, 0.1) is 0 Å². The molecule has 1 N–H and O–H groups in total. The number of rotatable bonds is 4. The smallest absolute Gasteiger partial charge is 0.243 e. The summed E-state index contributed by atoms with van der Waals surface area (Å²) < 4.78 is 27.4. The lowest BCUT2D eigenvalue weighted by Crippen LogP contribution is -2.23. The molecule has 2 aromatic rings. The number of sulfonamides is 1. The van der Waals surface area contributed by atoms with E-state index < -0.39 is 10.0 Å². The zero-order valence-electron chi connectivity index (χ0n) is 8.93. The van der Waals surface area contributed by atoms with Gasteiger partial charge in [-0.15, -0.1) is 11.3 Å². The molecular formula is C10H8BrClN2O2S2. The number of thiophene rings is 1. The average molecular weight is 368 g/mol. The molecule has 0 radical (unpaired) electrons. The molecule has 0 fully saturated rings. The van der Waals surface area contributed by atoms with Crippen molar-refractivity contribution < 1.29 is 8.42 Å². The topological polar surface area (TPSA) is 59.1 Å². The minimum absolute atomic E-state index is 0.0118. The largest absolute Gasteiger partial charge is 0.243 e. The maximum absolute atomic E-state index is 12.0. The number of hydrogen-bond donors (Lipinski definition) is 1. The summed E-state index contributed by atoms with van der Waals surface area (Å²) in [6, 6.07) is 4.81. The summed E-state index contributed by atoms with van der Waals surface area (Å²) in [4.78, 5) is 4.64. The summed E-state index contributed by atoms with van der Waals surface area (Å²) in [5.41, 5.74) is 0. The lowest BCUT2D eigenvalue weighted by molar-refractivity contribution is 0.581. The van der Waals surface area contributed by atoms with Crippen molar-refractivity contribution in [2.45, 2.75) is 11.4 Å². The summed E-state index contributed by atoms with van der Waals surface area (Å²) >= 11 is 10.5. The van der Waals surface area contributed by atoms with Crippen LogP contribution in [-0.4, -0.2) is 13.4 Å². The molecule has 0 amide bonds. The van der Waals surface area contributed by atoms with E-state index in [2.05, 4.69) is 25.6 Å². The number of hydrogen-bond acceptors (Lipinski definition) is 4. The third-order valence-electron chi connectivity index (χ3n) is 2.07. The molecule has 0 unspecified atom stereocenters. The average Bonchev–Trinajstić information content (AvgIpc) is 2.73. The molecule has 0 aliphatic heterocycles. The van der Waals surface area contributed by atoms with E-state index in [1.165, 1.54) is 29.7 Å². The molecule has 8 heteroatoms. The predicted octanol–water partition coefficient (Wildman–Crippen LogP) is 3.04. The lowest BCUT2D eigenvalue weighted by atomic mass is 10.5. The summed E-state index contributed by atoms with van der Waals surface area (Å²) in [5, 5.41) is 1.86. The van der Waals surface area contributed by atoms with Crippen molar-refractivity contribution in [2.75, 3.05) is 0 Å². The van der Waals surface area contributed by atoms with Crippen LogP contribution in [0.2, 0.25) is 5.15 Å². The van der Waals surface area contributed by atoms with Crippen LogP contribution in [-0.2, 0) is 16.6 Å². The lowest BCUT2D eigenvalue weighted by Gasteiger charge is -2.06. The Morgan fingerprint density at radius 3 is 2.89 bits per heavy atom. The van der Waals surface area contributed by atoms with E-state index in [4.69, 9.17) is 11.6 Å². The van der Waals surface area contributed by atoms with Gasteiger partial charge in [-0.3, -0.25) is 0 Å². The van der Waals surface area contributed by atoms with Crippen LogP contribution >= 0.6 is 38.9 Å². The first-order chi connectivity index (χ1) is 8.49. The Hall–Kier alpha value is -0.470. The molecule has 18 heavy (non-hydrogen) atoms. The molecule has 0 spiro atoms. The molecule has 0 aliphatic carbocycles. The zero-order chi connectivity index (χ0) is 13.2. The van der Waals surface area contributed by atoms with Crippen molar-refractivity contribution in [2.24, 2.45) is 0 Å². The standard InChI is InChI=1S/C10H8BrClN2O2S2/c11-7-4-8(17-6-7)5-14-18(15,16)9-2-1-3-13-10(9)12/h1-4,6,14H,5H2. The highest BCUT2D eigenvalue weighted by Gasteiger charge is 2.18. The third-order valence-corrected chi connectivity index (χ3v) is 5.62. The fraction of sp³-hybridized carbons (Fsp3) is 0.100. The van der Waals surface area contributed by atoms with Crippen molar-refractivity contribution in [1.82, 2.24) is 9.71 Å². The number of nitrogens with zero attached hydrogens (tertiary/aromatic N) is 1. The fourth-order valence-corrected chi connectivity index (χ4v) is 4.20. The van der Waals surface area contributed by atoms with Gasteiger partial charge in [-0.25, -0.2) is 18.1 Å². The van der Waals surface area contributed by atoms with Gasteiger partial charge in [-0.2, -0.15) is 0 Å². The Morgan fingerprint density at radius 1 is 1.50 bits per heavy atom. The second-order valence-electron chi connectivity index (χ2n) is 3.35. The van der Waals surface area contributed by atoms with E-state index in [1.54, 1.807) is 0 Å². The molecule has 0 atom stereocenters. The van der Waals surface area contributed by atoms with Gasteiger partial charge in [0.05, 0.1) is 0 Å². The van der Waals surface area contributed by atoms with Gasteiger partial charge in [0.1, 0.15) is 10.0 Å². The summed E-state index contributed by atoms with van der Waals surface area (Å²) in [5.74, 6) is 0. The molecule has 2 heterocycles. The van der Waals surface area contributed by atoms with Gasteiger partial charge >= 0.3 is 0 Å². The molecule has 2 aromatic heterocycles. The monoisotopic (exact) mass is 366 g/mol. The Morgan fingerprint density at radius 2 is 2.28 bits per heavy atom. The van der Waals surface area contributed by atoms with Crippen LogP contribution in [0.25, 0.3) is 0 Å². The van der Waals surface area contributed by atoms with Gasteiger partial charge in [0.15, 0.2) is 0 Å². The van der Waals surface area contributed by atoms with Crippen molar-refractivity contribution in [3.63, 3.8) is 0 Å². The van der Waals surface area contributed by atoms with Gasteiger partial charge in [-0.1, -0.05) is 11.6 Å². The Kier molecular flexibility index (Phi) is 4.39. The van der Waals surface area contributed by atoms with E-state index in [0.29, 0.717) is 0 Å². The number of pyridine rings is 1. The molecule has 0 saturated heterocycles. The highest BCUT2D eigenvalue weighted by molar-refractivity contribution is 9.10. The Balaban J connectivity index is 2.16. The van der Waals surface area contributed by atoms with Gasteiger partial charge in [0.25, 0.3) is 0 Å². The second-order valence-corrected chi connectivity index (χ2v) is 7.35. The molecule has 0 aromatic carbocycles. The maximum atomic E-state index is 12.0. The minimum Gasteiger partial charge on any atom is -0.243 e. The number of halogens is 2. The molecule has 0 aliphatic rings. The van der Waals surface area contributed by atoms with E-state index >= 15 is 0 Å². The van der Waals surface area contributed by atoms with Crippen molar-refractivity contribution >= 4 is 48.9 Å². The van der Waals surface area contributed by atoms with Crippen LogP contribution in [0.4, 0.5) is 0 Å². The van der Waals surface area contributed by atoms with Crippen LogP contribution in [0.1, 0.15) is 4.88 Å². The van der Waals surface area contributed by atoms with E-state index in [-0.39, 0.29) is 16.6 Å². The summed E-state index contributed by atoms with van der Waals surface area (Å²) in [7, 11) is -3.63. The summed E-state index contributed by atoms with van der Waals surface area (Å²) in [6.07, 6.45) is 1.44. The van der Waals surface area contributed by atoms with Crippen LogP contribution in [0.15, 0.2) is 39.1 Å². The van der Waals surface area contributed by atoms with Gasteiger partial charge < -0.3 is 0 Å². The van der Waals surface area contributed by atoms with Crippen LogP contribution in [0.5, 0.6) is 0 Å². The quantitative estimate of drug-likeness (QED) is 0.845. The molecule has 4 nitrogen and oxygen atoms in total. The highest BCUT2D eigenvalue weighted by atomic mass is 79.9. The van der Waals surface area contributed by atoms with E-state index in [9.17, 15) is 8.42 Å². The van der Waals surface area contributed by atoms with Crippen LogP contribution in [0.3, 0.4) is 0 Å². The summed E-state index contributed by atoms with van der Waals surface area (Å²) in [6.45, 7) is 0.226. The number of aromatic nitrogens is 1. The number of nitrogens with one attached hydrogen (secondary N) is 1. The maximum Gasteiger partial charge on any atom is 0.243 e. The van der Waals surface area contributed by atoms with Crippen molar-refractivity contribution in [3.8, 4) is 0 Å². The normalized spacial score (nSPS) is 11.7. The first-order valence-electron chi connectivity index (χ1n) is 4.82. The van der Waals surface area contributed by atoms with Gasteiger partial charge in [0, 0.05) is 27.5 Å². The fourth-order valence-electron chi connectivity index (χ4n) is 1.26. The molecule has 96 valence electrons. The van der Waals surface area contributed by atoms with E-state index in [1.807, 2.05) is 11.4 Å². The van der Waals surface area contributed by atoms with Gasteiger partial charge in [0.2, 0.25) is 10.0 Å². The SMILES string of the molecule is O=S(=O)(NCc1cc(Br)cs1)c1cccnc1Cl. The van der Waals surface area contributed by atoms with Crippen molar-refractivity contribution in [1.29, 1.82) is 0 Å².